The Morgan fingerprint density at radius 3 is 2.29 bits per heavy atom. The van der Waals surface area contributed by atoms with Gasteiger partial charge in [-0.05, 0) is 24.8 Å². The Morgan fingerprint density at radius 1 is 1.20 bits per heavy atom. The molecule has 15 heteroatoms. The second-order valence-corrected chi connectivity index (χ2v) is 7.29. The van der Waals surface area contributed by atoms with Gasteiger partial charge < -0.3 is 20.7 Å². The number of benzene rings is 1. The monoisotopic (exact) mass is 523 g/mol. The van der Waals surface area contributed by atoms with Crippen LogP contribution in [0.25, 0.3) is 0 Å². The van der Waals surface area contributed by atoms with Crippen LogP contribution in [0.5, 0.6) is 5.75 Å². The van der Waals surface area contributed by atoms with Crippen molar-refractivity contribution in [2.75, 3.05) is 11.9 Å². The number of fused-ring (bicyclic) bond motifs is 1. The number of nitrogens with one attached hydrogen (secondary N) is 3. The molecule has 198 valence electrons. The Bertz CT molecular complexity index is 904. The van der Waals surface area contributed by atoms with Crippen LogP contribution >= 0.6 is 0 Å². The molecule has 0 aromatic heterocycles. The van der Waals surface area contributed by atoms with E-state index in [1.807, 2.05) is 0 Å². The zero-order valence-corrected chi connectivity index (χ0v) is 18.3. The molecule has 0 fully saturated rings. The molecule has 6 nitrogen and oxygen atoms in total. The average Bonchev–Trinajstić information content (AvgIpc) is 2.87. The van der Waals surface area contributed by atoms with Gasteiger partial charge in [-0.25, -0.2) is 4.39 Å². The lowest BCUT2D eigenvalue weighted by Gasteiger charge is -2.27. The van der Waals surface area contributed by atoms with E-state index in [1.54, 1.807) is 12.2 Å². The summed E-state index contributed by atoms with van der Waals surface area (Å²) in [4.78, 5) is 24.1. The van der Waals surface area contributed by atoms with Crippen molar-refractivity contribution in [1.82, 2.24) is 10.6 Å². The Kier molecular flexibility index (Phi) is 9.85. The minimum absolute atomic E-state index is 0.227. The Hall–Kier alpha value is -3.13. The fourth-order valence-corrected chi connectivity index (χ4v) is 2.43. The number of hydrogen-bond acceptors (Lipinski definition) is 4. The summed E-state index contributed by atoms with van der Waals surface area (Å²) in [7, 11) is 0. The molecule has 3 N–H and O–H groups in total. The van der Waals surface area contributed by atoms with Crippen molar-refractivity contribution in [3.8, 4) is 5.75 Å². The third-order valence-electron chi connectivity index (χ3n) is 4.60. The zero-order chi connectivity index (χ0) is 27.2. The van der Waals surface area contributed by atoms with Gasteiger partial charge in [-0.2, -0.15) is 35.1 Å². The molecule has 0 radical (unpaired) electrons. The smallest absolute Gasteiger partial charge is 0.455 e. The molecule has 35 heavy (non-hydrogen) atoms. The van der Waals surface area contributed by atoms with Gasteiger partial charge in [0.15, 0.2) is 6.04 Å². The minimum atomic E-state index is -5.50. The van der Waals surface area contributed by atoms with E-state index in [9.17, 15) is 49.1 Å². The zero-order valence-electron chi connectivity index (χ0n) is 18.3. The van der Waals surface area contributed by atoms with E-state index in [0.29, 0.717) is 6.42 Å². The third kappa shape index (κ3) is 8.24. The van der Waals surface area contributed by atoms with Crippen LogP contribution in [0.2, 0.25) is 0 Å². The molecular weight excluding hydrogens is 501 g/mol. The standard InChI is InChI=1S/C15H16F4N2O3.C5H6F5N/c1-3-7(2)13(22)21-11-12(15(17,18)19)24-10-5-4-8(16)6-9(10)20-14(11)23;1-2-11-3-4(6,7)5(8,9)10/h4-7,11-12H,3H2,1-2H3,(H,20,23)(H,21,22);2,11H,1,3H2/t7-,11+,12+;/m1./s1. The molecule has 0 spiro atoms. The largest absolute Gasteiger partial charge is 0.476 e. The van der Waals surface area contributed by atoms with E-state index < -0.39 is 60.5 Å². The second kappa shape index (κ2) is 11.5. The minimum Gasteiger partial charge on any atom is -0.476 e. The number of anilines is 1. The van der Waals surface area contributed by atoms with E-state index in [1.165, 1.54) is 6.92 Å². The molecule has 0 bridgehead atoms. The van der Waals surface area contributed by atoms with Gasteiger partial charge in [-0.1, -0.05) is 20.4 Å². The fourth-order valence-electron chi connectivity index (χ4n) is 2.43. The quantitative estimate of drug-likeness (QED) is 0.479. The van der Waals surface area contributed by atoms with Crippen molar-refractivity contribution >= 4 is 17.5 Å². The molecule has 2 rings (SSSR count). The van der Waals surface area contributed by atoms with Gasteiger partial charge in [0, 0.05) is 12.0 Å². The van der Waals surface area contributed by atoms with Crippen LogP contribution < -0.4 is 20.7 Å². The molecule has 1 aromatic rings. The maximum absolute atomic E-state index is 13.3. The first kappa shape index (κ1) is 29.9. The number of ether oxygens (including phenoxy) is 1. The van der Waals surface area contributed by atoms with Crippen molar-refractivity contribution in [2.24, 2.45) is 5.92 Å². The van der Waals surface area contributed by atoms with Gasteiger partial charge >= 0.3 is 18.3 Å². The average molecular weight is 523 g/mol. The predicted octanol–water partition coefficient (Wildman–Crippen LogP) is 4.54. The summed E-state index contributed by atoms with van der Waals surface area (Å²) in [6.45, 7) is 4.68. The molecule has 1 aromatic carbocycles. The third-order valence-corrected chi connectivity index (χ3v) is 4.60. The first-order valence-corrected chi connectivity index (χ1v) is 9.87. The van der Waals surface area contributed by atoms with Crippen LogP contribution in [0, 0.1) is 11.7 Å². The SMILES string of the molecule is C=CNCC(F)(F)C(F)(F)F.CC[C@@H](C)C(=O)N[C@@H]1C(=O)Nc2cc(F)ccc2O[C@@H]1C(F)(F)F. The molecule has 0 aliphatic carbocycles. The number of amides is 2. The number of rotatable bonds is 6. The highest BCUT2D eigenvalue weighted by molar-refractivity contribution is 5.99. The van der Waals surface area contributed by atoms with Crippen LogP contribution in [0.15, 0.2) is 31.0 Å². The molecular formula is C20H22F9N3O3. The predicted molar refractivity (Wildman–Crippen MR) is 106 cm³/mol. The number of hydrogen-bond donors (Lipinski definition) is 3. The molecule has 0 saturated heterocycles. The van der Waals surface area contributed by atoms with Crippen LogP contribution in [0.1, 0.15) is 20.3 Å². The van der Waals surface area contributed by atoms with Crippen molar-refractivity contribution < 1.29 is 53.8 Å². The van der Waals surface area contributed by atoms with Gasteiger partial charge in [0.1, 0.15) is 11.6 Å². The molecule has 0 unspecified atom stereocenters. The molecule has 1 aliphatic heterocycles. The Balaban J connectivity index is 0.000000471. The van der Waals surface area contributed by atoms with E-state index in [-0.39, 0.29) is 11.4 Å². The van der Waals surface area contributed by atoms with Crippen molar-refractivity contribution in [3.05, 3.63) is 36.8 Å². The molecule has 1 heterocycles. The number of halogens is 9. The highest BCUT2D eigenvalue weighted by atomic mass is 19.4. The normalized spacial score (nSPS) is 19.0. The van der Waals surface area contributed by atoms with Crippen LogP contribution in [-0.2, 0) is 9.59 Å². The van der Waals surface area contributed by atoms with Crippen LogP contribution in [0.4, 0.5) is 45.2 Å². The lowest BCUT2D eigenvalue weighted by atomic mass is 10.1. The maximum Gasteiger partial charge on any atom is 0.455 e. The maximum atomic E-state index is 13.3. The van der Waals surface area contributed by atoms with Gasteiger partial charge in [-0.15, -0.1) is 0 Å². The van der Waals surface area contributed by atoms with E-state index in [4.69, 9.17) is 4.74 Å². The molecule has 1 aliphatic rings. The molecule has 0 saturated carbocycles. The first-order valence-electron chi connectivity index (χ1n) is 9.87. The molecule has 3 atom stereocenters. The lowest BCUT2D eigenvalue weighted by Crippen LogP contribution is -2.58. The highest BCUT2D eigenvalue weighted by Crippen LogP contribution is 2.36. The van der Waals surface area contributed by atoms with Crippen molar-refractivity contribution in [3.63, 3.8) is 0 Å². The number of alkyl halides is 8. The summed E-state index contributed by atoms with van der Waals surface area (Å²) in [6, 6.07) is 0.764. The van der Waals surface area contributed by atoms with Gasteiger partial charge in [0.2, 0.25) is 12.0 Å². The summed E-state index contributed by atoms with van der Waals surface area (Å²) >= 11 is 0. The highest BCUT2D eigenvalue weighted by Gasteiger charge is 2.57. The fraction of sp³-hybridized carbons (Fsp3) is 0.500. The number of carbonyl (C=O) groups excluding carboxylic acids is 2. The summed E-state index contributed by atoms with van der Waals surface area (Å²) in [5.74, 6) is -8.17. The van der Waals surface area contributed by atoms with Gasteiger partial charge in [0.25, 0.3) is 5.91 Å². The summed E-state index contributed by atoms with van der Waals surface area (Å²) in [6.07, 6.45) is -11.8. The van der Waals surface area contributed by atoms with Crippen LogP contribution in [-0.4, -0.2) is 48.8 Å². The summed E-state index contributed by atoms with van der Waals surface area (Å²) in [5.41, 5.74) is -0.227. The number of carbonyl (C=O) groups is 2. The van der Waals surface area contributed by atoms with Crippen LogP contribution in [0.3, 0.4) is 0 Å². The van der Waals surface area contributed by atoms with E-state index in [2.05, 4.69) is 17.2 Å². The van der Waals surface area contributed by atoms with E-state index >= 15 is 0 Å². The summed E-state index contributed by atoms with van der Waals surface area (Å²) in [5, 5.41) is 5.92. The second-order valence-electron chi connectivity index (χ2n) is 7.29. The van der Waals surface area contributed by atoms with Crippen molar-refractivity contribution in [2.45, 2.75) is 50.7 Å². The van der Waals surface area contributed by atoms with Crippen molar-refractivity contribution in [1.29, 1.82) is 0 Å². The Labute approximate surface area is 193 Å². The van der Waals surface area contributed by atoms with Gasteiger partial charge in [-0.3, -0.25) is 9.59 Å². The Morgan fingerprint density at radius 2 is 1.80 bits per heavy atom. The first-order chi connectivity index (χ1) is 15.9. The topological polar surface area (TPSA) is 79.5 Å². The lowest BCUT2D eigenvalue weighted by molar-refractivity contribution is -0.278. The summed E-state index contributed by atoms with van der Waals surface area (Å²) < 4.78 is 116. The van der Waals surface area contributed by atoms with E-state index in [0.717, 1.165) is 24.4 Å². The molecule has 2 amide bonds. The van der Waals surface area contributed by atoms with Gasteiger partial charge in [0.05, 0.1) is 12.2 Å².